The summed E-state index contributed by atoms with van der Waals surface area (Å²) in [6.07, 6.45) is 1.93. The molecule has 0 aromatic rings. The van der Waals surface area contributed by atoms with Crippen LogP contribution in [0, 0.1) is 0 Å². The van der Waals surface area contributed by atoms with Crippen LogP contribution in [0.15, 0.2) is 0 Å². The molecule has 0 aliphatic rings. The van der Waals surface area contributed by atoms with Gasteiger partial charge in [-0.1, -0.05) is 26.2 Å². The summed E-state index contributed by atoms with van der Waals surface area (Å²) in [6.45, 7) is 3.49. The molecule has 0 spiro atoms. The summed E-state index contributed by atoms with van der Waals surface area (Å²) in [5.74, 6) is 0. The normalized spacial score (nSPS) is 16.8. The Labute approximate surface area is 62.3 Å². The predicted molar refractivity (Wildman–Crippen MR) is 40.7 cm³/mol. The lowest BCUT2D eigenvalue weighted by Gasteiger charge is -2.10. The van der Waals surface area contributed by atoms with E-state index in [1.165, 1.54) is 6.92 Å². The lowest BCUT2D eigenvalue weighted by molar-refractivity contribution is 0.0783. The zero-order valence-corrected chi connectivity index (χ0v) is 6.81. The molecule has 0 saturated carbocycles. The molecule has 2 heteroatoms. The first-order valence-corrected chi connectivity index (χ1v) is 4.00. The van der Waals surface area contributed by atoms with Gasteiger partial charge in [0.15, 0.2) is 0 Å². The summed E-state index contributed by atoms with van der Waals surface area (Å²) in [6, 6.07) is 0. The summed E-state index contributed by atoms with van der Waals surface area (Å²) in [5.41, 5.74) is 0. The minimum Gasteiger partial charge on any atom is -0.390 e. The van der Waals surface area contributed by atoms with E-state index < -0.39 is 12.3 Å². The van der Waals surface area contributed by atoms with E-state index in [9.17, 15) is 4.39 Å². The minimum atomic E-state index is -1.07. The molecule has 0 radical (unpaired) electrons. The van der Waals surface area contributed by atoms with Crippen LogP contribution in [0.4, 0.5) is 4.39 Å². The molecule has 0 heterocycles. The molecule has 62 valence electrons. The molecule has 0 aliphatic heterocycles. The van der Waals surface area contributed by atoms with Crippen LogP contribution < -0.4 is 0 Å². The maximum atomic E-state index is 12.3. The first-order chi connectivity index (χ1) is 4.68. The van der Waals surface area contributed by atoms with Gasteiger partial charge in [-0.3, -0.25) is 0 Å². The van der Waals surface area contributed by atoms with E-state index in [-0.39, 0.29) is 0 Å². The van der Waals surface area contributed by atoms with E-state index in [4.69, 9.17) is 5.11 Å². The van der Waals surface area contributed by atoms with Gasteiger partial charge in [0, 0.05) is 0 Å². The highest BCUT2D eigenvalue weighted by atomic mass is 19.1. The Balaban J connectivity index is 3.13. The molecule has 10 heavy (non-hydrogen) atoms. The second kappa shape index (κ2) is 5.66. The van der Waals surface area contributed by atoms with Crippen molar-refractivity contribution >= 4 is 0 Å². The minimum absolute atomic E-state index is 0.603. The van der Waals surface area contributed by atoms with Crippen LogP contribution in [0.25, 0.3) is 0 Å². The van der Waals surface area contributed by atoms with Crippen molar-refractivity contribution in [1.82, 2.24) is 0 Å². The third kappa shape index (κ3) is 4.74. The Hall–Kier alpha value is -0.110. The van der Waals surface area contributed by atoms with Crippen molar-refractivity contribution in [1.29, 1.82) is 0 Å². The zero-order valence-electron chi connectivity index (χ0n) is 6.81. The summed E-state index contributed by atoms with van der Waals surface area (Å²) < 4.78 is 12.3. The molecule has 1 N–H and O–H groups in total. The van der Waals surface area contributed by atoms with E-state index in [1.54, 1.807) is 0 Å². The molecule has 0 aromatic heterocycles. The van der Waals surface area contributed by atoms with E-state index >= 15 is 0 Å². The predicted octanol–water partition coefficient (Wildman–Crippen LogP) is 2.29. The van der Waals surface area contributed by atoms with Gasteiger partial charge in [0.05, 0.1) is 6.10 Å². The van der Waals surface area contributed by atoms with Gasteiger partial charge in [-0.25, -0.2) is 4.39 Å². The van der Waals surface area contributed by atoms with Crippen molar-refractivity contribution in [3.63, 3.8) is 0 Å². The van der Waals surface area contributed by atoms with Crippen LogP contribution >= 0.6 is 0 Å². The van der Waals surface area contributed by atoms with Crippen LogP contribution in [-0.4, -0.2) is 17.4 Å². The van der Waals surface area contributed by atoms with E-state index in [0.717, 1.165) is 19.3 Å². The van der Waals surface area contributed by atoms with Gasteiger partial charge in [-0.2, -0.15) is 0 Å². The summed E-state index contributed by atoms with van der Waals surface area (Å²) in [5, 5.41) is 8.98. The zero-order chi connectivity index (χ0) is 7.98. The lowest BCUT2D eigenvalue weighted by Crippen LogP contribution is -2.17. The van der Waals surface area contributed by atoms with Gasteiger partial charge < -0.3 is 5.11 Å². The molecular weight excluding hydrogens is 131 g/mol. The second-order valence-corrected chi connectivity index (χ2v) is 2.74. The third-order valence-corrected chi connectivity index (χ3v) is 1.63. The van der Waals surface area contributed by atoms with Gasteiger partial charge >= 0.3 is 0 Å². The van der Waals surface area contributed by atoms with Crippen molar-refractivity contribution < 1.29 is 9.50 Å². The molecular formula is C8H17FO. The van der Waals surface area contributed by atoms with E-state index in [0.29, 0.717) is 6.42 Å². The van der Waals surface area contributed by atoms with Crippen molar-refractivity contribution in [2.75, 3.05) is 0 Å². The van der Waals surface area contributed by atoms with E-state index in [2.05, 4.69) is 6.92 Å². The maximum Gasteiger partial charge on any atom is 0.123 e. The molecule has 0 saturated heterocycles. The number of rotatable bonds is 5. The van der Waals surface area contributed by atoms with Crippen molar-refractivity contribution in [2.45, 2.75) is 51.8 Å². The second-order valence-electron chi connectivity index (χ2n) is 2.74. The standard InChI is InChI=1S/C8H17FO/c1-3-4-5-6-8(10)7(2)9/h7-8,10H,3-6H2,1-2H3. The molecule has 0 aliphatic carbocycles. The van der Waals surface area contributed by atoms with Crippen LogP contribution in [-0.2, 0) is 0 Å². The Kier molecular flexibility index (Phi) is 5.60. The number of hydrogen-bond donors (Lipinski definition) is 1. The van der Waals surface area contributed by atoms with Gasteiger partial charge in [-0.05, 0) is 13.3 Å². The molecule has 0 bridgehead atoms. The molecule has 0 fully saturated rings. The summed E-state index contributed by atoms with van der Waals surface area (Å²) in [4.78, 5) is 0. The Bertz CT molecular complexity index is 73.7. The fourth-order valence-electron chi connectivity index (χ4n) is 0.833. The summed E-state index contributed by atoms with van der Waals surface area (Å²) >= 11 is 0. The maximum absolute atomic E-state index is 12.3. The number of alkyl halides is 1. The van der Waals surface area contributed by atoms with Gasteiger partial charge in [0.25, 0.3) is 0 Å². The van der Waals surface area contributed by atoms with Gasteiger partial charge in [0.1, 0.15) is 6.17 Å². The smallest absolute Gasteiger partial charge is 0.123 e. The summed E-state index contributed by atoms with van der Waals surface area (Å²) in [7, 11) is 0. The van der Waals surface area contributed by atoms with Crippen molar-refractivity contribution in [2.24, 2.45) is 0 Å². The largest absolute Gasteiger partial charge is 0.390 e. The monoisotopic (exact) mass is 148 g/mol. The Morgan fingerprint density at radius 3 is 2.40 bits per heavy atom. The lowest BCUT2D eigenvalue weighted by atomic mass is 10.1. The Morgan fingerprint density at radius 2 is 2.00 bits per heavy atom. The molecule has 0 aromatic carbocycles. The van der Waals surface area contributed by atoms with E-state index in [1.807, 2.05) is 0 Å². The number of aliphatic hydroxyl groups is 1. The third-order valence-electron chi connectivity index (χ3n) is 1.63. The van der Waals surface area contributed by atoms with Crippen molar-refractivity contribution in [3.8, 4) is 0 Å². The molecule has 2 unspecified atom stereocenters. The fraction of sp³-hybridized carbons (Fsp3) is 1.00. The first-order valence-electron chi connectivity index (χ1n) is 4.00. The van der Waals surface area contributed by atoms with Crippen LogP contribution in [0.1, 0.15) is 39.5 Å². The fourth-order valence-corrected chi connectivity index (χ4v) is 0.833. The van der Waals surface area contributed by atoms with Crippen LogP contribution in [0.2, 0.25) is 0 Å². The Morgan fingerprint density at radius 1 is 1.40 bits per heavy atom. The van der Waals surface area contributed by atoms with Crippen LogP contribution in [0.5, 0.6) is 0 Å². The number of halogens is 1. The highest BCUT2D eigenvalue weighted by Crippen LogP contribution is 2.08. The van der Waals surface area contributed by atoms with Crippen molar-refractivity contribution in [3.05, 3.63) is 0 Å². The topological polar surface area (TPSA) is 20.2 Å². The number of hydrogen-bond acceptors (Lipinski definition) is 1. The number of aliphatic hydroxyl groups excluding tert-OH is 1. The number of unbranched alkanes of at least 4 members (excludes halogenated alkanes) is 2. The van der Waals surface area contributed by atoms with Gasteiger partial charge in [0.2, 0.25) is 0 Å². The molecule has 2 atom stereocenters. The highest BCUT2D eigenvalue weighted by molar-refractivity contribution is 4.61. The molecule has 0 amide bonds. The SMILES string of the molecule is CCCCCC(O)C(C)F. The molecule has 0 rings (SSSR count). The first kappa shape index (κ1) is 9.89. The average Bonchev–Trinajstić information content (AvgIpc) is 1.88. The van der Waals surface area contributed by atoms with Crippen LogP contribution in [0.3, 0.4) is 0 Å². The molecule has 1 nitrogen and oxygen atoms in total. The quantitative estimate of drug-likeness (QED) is 0.593. The average molecular weight is 148 g/mol. The van der Waals surface area contributed by atoms with Gasteiger partial charge in [-0.15, -0.1) is 0 Å². The highest BCUT2D eigenvalue weighted by Gasteiger charge is 2.10.